The van der Waals surface area contributed by atoms with Gasteiger partial charge in [-0.2, -0.15) is 0 Å². The molecule has 0 radical (unpaired) electrons. The van der Waals surface area contributed by atoms with Crippen LogP contribution in [-0.2, 0) is 16.1 Å². The number of amides is 1. The summed E-state index contributed by atoms with van der Waals surface area (Å²) in [5.41, 5.74) is 1.79. The second-order valence-electron chi connectivity index (χ2n) is 7.23. The number of anilines is 1. The molecule has 4 rings (SSSR count). The molecule has 8 nitrogen and oxygen atoms in total. The maximum atomic E-state index is 12.5. The maximum Gasteiger partial charge on any atom is 0.278 e. The Balaban J connectivity index is 1.37. The molecule has 3 aromatic rings. The van der Waals surface area contributed by atoms with Crippen LogP contribution < -0.4 is 4.90 Å². The molecule has 1 amide bonds. The highest BCUT2D eigenvalue weighted by Crippen LogP contribution is 2.33. The molecule has 31 heavy (non-hydrogen) atoms. The molecular weight excluding hydrogens is 420 g/mol. The molecule has 0 atom stereocenters. The van der Waals surface area contributed by atoms with Gasteiger partial charge in [-0.25, -0.2) is 0 Å². The molecule has 0 aliphatic carbocycles. The third kappa shape index (κ3) is 4.60. The Hall–Kier alpha value is -3.23. The van der Waals surface area contributed by atoms with Crippen LogP contribution in [0, 0.1) is 10.1 Å². The van der Waals surface area contributed by atoms with Gasteiger partial charge in [-0.1, -0.05) is 29.8 Å². The monoisotopic (exact) mass is 440 g/mol. The molecule has 0 spiro atoms. The molecule has 160 valence electrons. The third-order valence-electron chi connectivity index (χ3n) is 5.38. The first-order chi connectivity index (χ1) is 15.0. The van der Waals surface area contributed by atoms with E-state index in [0.29, 0.717) is 36.6 Å². The first-order valence-corrected chi connectivity index (χ1v) is 10.3. The molecule has 0 unspecified atom stereocenters. The topological polar surface area (TPSA) is 88.8 Å². The Morgan fingerprint density at radius 3 is 2.61 bits per heavy atom. The van der Waals surface area contributed by atoms with E-state index in [1.54, 1.807) is 29.3 Å². The van der Waals surface area contributed by atoms with Crippen LogP contribution in [0.1, 0.15) is 5.56 Å². The number of nitro groups is 1. The summed E-state index contributed by atoms with van der Waals surface area (Å²) >= 11 is 6.11. The van der Waals surface area contributed by atoms with E-state index in [-0.39, 0.29) is 24.8 Å². The minimum atomic E-state index is -0.396. The van der Waals surface area contributed by atoms with E-state index in [0.717, 1.165) is 16.6 Å². The number of fused-ring (bicyclic) bond motifs is 1. The summed E-state index contributed by atoms with van der Waals surface area (Å²) in [6.45, 7) is 2.65. The smallest absolute Gasteiger partial charge is 0.278 e. The number of hydrogen-bond acceptors (Lipinski definition) is 6. The van der Waals surface area contributed by atoms with E-state index >= 15 is 0 Å². The quantitative estimate of drug-likeness (QED) is 0.429. The van der Waals surface area contributed by atoms with Gasteiger partial charge in [0.15, 0.2) is 0 Å². The Morgan fingerprint density at radius 1 is 1.10 bits per heavy atom. The summed E-state index contributed by atoms with van der Waals surface area (Å²) < 4.78 is 5.56. The van der Waals surface area contributed by atoms with Crippen LogP contribution in [0.4, 0.5) is 11.4 Å². The van der Waals surface area contributed by atoms with Crippen molar-refractivity contribution in [2.24, 2.45) is 0 Å². The highest BCUT2D eigenvalue weighted by molar-refractivity contribution is 6.31. The summed E-state index contributed by atoms with van der Waals surface area (Å²) in [4.78, 5) is 31.4. The largest absolute Gasteiger partial charge is 0.367 e. The van der Waals surface area contributed by atoms with Crippen LogP contribution in [0.5, 0.6) is 0 Å². The van der Waals surface area contributed by atoms with Crippen molar-refractivity contribution in [1.82, 2.24) is 9.88 Å². The number of rotatable bonds is 6. The van der Waals surface area contributed by atoms with Crippen molar-refractivity contribution in [3.63, 3.8) is 0 Å². The number of nitro benzene ring substituents is 1. The maximum absolute atomic E-state index is 12.5. The van der Waals surface area contributed by atoms with Crippen LogP contribution in [0.3, 0.4) is 0 Å². The number of nitrogens with zero attached hydrogens (tertiary/aromatic N) is 4. The lowest BCUT2D eigenvalue weighted by Gasteiger charge is -2.36. The van der Waals surface area contributed by atoms with Gasteiger partial charge < -0.3 is 14.5 Å². The van der Waals surface area contributed by atoms with Crippen LogP contribution in [0.25, 0.3) is 10.8 Å². The summed E-state index contributed by atoms with van der Waals surface area (Å²) in [7, 11) is 0. The second kappa shape index (κ2) is 9.28. The molecule has 1 aliphatic heterocycles. The first-order valence-electron chi connectivity index (χ1n) is 9.89. The van der Waals surface area contributed by atoms with Gasteiger partial charge in [0.1, 0.15) is 6.61 Å². The SMILES string of the molecule is O=C(COCc1ccccc1Cl)N1CCN(c2ccc([N+](=O)[O-])c3cnccc23)CC1. The number of hydrogen-bond donors (Lipinski definition) is 0. The zero-order chi connectivity index (χ0) is 21.8. The van der Waals surface area contributed by atoms with Crippen molar-refractivity contribution >= 4 is 39.7 Å². The lowest BCUT2D eigenvalue weighted by molar-refractivity contribution is -0.383. The first kappa shape index (κ1) is 21.0. The number of aromatic nitrogens is 1. The van der Waals surface area contributed by atoms with Gasteiger partial charge >= 0.3 is 0 Å². The summed E-state index contributed by atoms with van der Waals surface area (Å²) in [5, 5.41) is 13.2. The van der Waals surface area contributed by atoms with Crippen molar-refractivity contribution in [3.8, 4) is 0 Å². The van der Waals surface area contributed by atoms with E-state index in [2.05, 4.69) is 9.88 Å². The zero-order valence-electron chi connectivity index (χ0n) is 16.7. The fourth-order valence-corrected chi connectivity index (χ4v) is 3.94. The second-order valence-corrected chi connectivity index (χ2v) is 7.64. The summed E-state index contributed by atoms with van der Waals surface area (Å²) in [5.74, 6) is -0.0653. The Kier molecular flexibility index (Phi) is 6.29. The van der Waals surface area contributed by atoms with E-state index < -0.39 is 4.92 Å². The predicted octanol–water partition coefficient (Wildman–Crippen LogP) is 3.66. The molecule has 9 heteroatoms. The standard InChI is InChI=1S/C22H21ClN4O4/c23-19-4-2-1-3-16(19)14-31-15-22(28)26-11-9-25(10-12-26)20-5-6-21(27(29)30)18-13-24-8-7-17(18)20/h1-8,13H,9-12,14-15H2. The van der Waals surface area contributed by atoms with Gasteiger partial charge in [0, 0.05) is 60.7 Å². The fourth-order valence-electron chi connectivity index (χ4n) is 3.75. The van der Waals surface area contributed by atoms with Gasteiger partial charge in [-0.15, -0.1) is 0 Å². The fraction of sp³-hybridized carbons (Fsp3) is 0.273. The highest BCUT2D eigenvalue weighted by Gasteiger charge is 2.24. The molecule has 0 bridgehead atoms. The van der Waals surface area contributed by atoms with Crippen LogP contribution >= 0.6 is 11.6 Å². The predicted molar refractivity (Wildman–Crippen MR) is 118 cm³/mol. The molecule has 1 aliphatic rings. The van der Waals surface area contributed by atoms with E-state index in [1.807, 2.05) is 18.2 Å². The number of piperazine rings is 1. The lowest BCUT2D eigenvalue weighted by Crippen LogP contribution is -2.49. The number of non-ortho nitro benzene ring substituents is 1. The minimum absolute atomic E-state index is 0.00262. The normalized spacial score (nSPS) is 14.1. The third-order valence-corrected chi connectivity index (χ3v) is 5.75. The molecule has 0 saturated carbocycles. The van der Waals surface area contributed by atoms with Gasteiger partial charge in [0.2, 0.25) is 5.91 Å². The molecule has 1 saturated heterocycles. The number of pyridine rings is 1. The number of carbonyl (C=O) groups excluding carboxylic acids is 1. The van der Waals surface area contributed by atoms with Crippen molar-refractivity contribution in [2.45, 2.75) is 6.61 Å². The van der Waals surface area contributed by atoms with Gasteiger partial charge in [0.25, 0.3) is 5.69 Å². The van der Waals surface area contributed by atoms with E-state index in [1.165, 1.54) is 12.3 Å². The Morgan fingerprint density at radius 2 is 1.87 bits per heavy atom. The van der Waals surface area contributed by atoms with Crippen LogP contribution in [0.15, 0.2) is 54.9 Å². The summed E-state index contributed by atoms with van der Waals surface area (Å²) in [6.07, 6.45) is 3.15. The van der Waals surface area contributed by atoms with Crippen molar-refractivity contribution < 1.29 is 14.5 Å². The number of carbonyl (C=O) groups is 1. The molecular formula is C22H21ClN4O4. The lowest BCUT2D eigenvalue weighted by atomic mass is 10.1. The van der Waals surface area contributed by atoms with Crippen molar-refractivity contribution in [2.75, 3.05) is 37.7 Å². The van der Waals surface area contributed by atoms with Crippen LogP contribution in [-0.4, -0.2) is 53.5 Å². The van der Waals surface area contributed by atoms with Gasteiger partial charge in [-0.05, 0) is 23.8 Å². The van der Waals surface area contributed by atoms with Gasteiger partial charge in [-0.3, -0.25) is 19.9 Å². The zero-order valence-corrected chi connectivity index (χ0v) is 17.5. The Bertz CT molecular complexity index is 1120. The molecule has 1 aromatic heterocycles. The highest BCUT2D eigenvalue weighted by atomic mass is 35.5. The Labute approximate surface area is 184 Å². The number of ether oxygens (including phenoxy) is 1. The number of halogens is 1. The molecule has 2 aromatic carbocycles. The van der Waals surface area contributed by atoms with E-state index in [9.17, 15) is 14.9 Å². The number of benzene rings is 2. The molecule has 0 N–H and O–H groups in total. The van der Waals surface area contributed by atoms with Crippen LogP contribution in [0.2, 0.25) is 5.02 Å². The average molecular weight is 441 g/mol. The van der Waals surface area contributed by atoms with Crippen molar-refractivity contribution in [3.05, 3.63) is 75.6 Å². The minimum Gasteiger partial charge on any atom is -0.367 e. The molecule has 1 fully saturated rings. The van der Waals surface area contributed by atoms with Crippen molar-refractivity contribution in [1.29, 1.82) is 0 Å². The van der Waals surface area contributed by atoms with E-state index in [4.69, 9.17) is 16.3 Å². The summed E-state index contributed by atoms with van der Waals surface area (Å²) in [6, 6.07) is 12.5. The molecule has 2 heterocycles. The van der Waals surface area contributed by atoms with Gasteiger partial charge in [0.05, 0.1) is 16.9 Å². The average Bonchev–Trinajstić information content (AvgIpc) is 2.79.